The van der Waals surface area contributed by atoms with E-state index in [4.69, 9.17) is 9.81 Å². The summed E-state index contributed by atoms with van der Waals surface area (Å²) in [5.74, 6) is 5.04. The molecule has 66 valence electrons. The molecule has 0 saturated heterocycles. The lowest BCUT2D eigenvalue weighted by Crippen LogP contribution is -2.22. The molecule has 0 aromatic carbocycles. The Morgan fingerprint density at radius 2 is 2.25 bits per heavy atom. The molecule has 0 aliphatic carbocycles. The van der Waals surface area contributed by atoms with E-state index in [0.29, 0.717) is 0 Å². The molecule has 12 heavy (non-hydrogen) atoms. The highest BCUT2D eigenvalue weighted by atomic mass is 32.2. The van der Waals surface area contributed by atoms with Gasteiger partial charge in [-0.05, 0) is 13.8 Å². The third kappa shape index (κ3) is 5.87. The standard InChI is InChI=1S/C7H9NO3S/c1-7(2,11-12(9)10)5-3-4-6-8/h4H2,1-2H3,(H,9,10). The van der Waals surface area contributed by atoms with Crippen LogP contribution in [0.4, 0.5) is 0 Å². The van der Waals surface area contributed by atoms with Crippen LogP contribution < -0.4 is 0 Å². The van der Waals surface area contributed by atoms with Crippen LogP contribution in [0.15, 0.2) is 0 Å². The summed E-state index contributed by atoms with van der Waals surface area (Å²) < 4.78 is 23.1. The van der Waals surface area contributed by atoms with Crippen molar-refractivity contribution in [3.05, 3.63) is 0 Å². The van der Waals surface area contributed by atoms with Crippen molar-refractivity contribution in [2.24, 2.45) is 0 Å². The minimum absolute atomic E-state index is 0.0881. The highest BCUT2D eigenvalue weighted by molar-refractivity contribution is 7.74. The molecule has 1 atom stereocenters. The first-order valence-corrected chi connectivity index (χ1v) is 4.18. The predicted molar refractivity (Wildman–Crippen MR) is 43.9 cm³/mol. The van der Waals surface area contributed by atoms with Gasteiger partial charge in [-0.15, -0.1) is 0 Å². The van der Waals surface area contributed by atoms with E-state index < -0.39 is 17.0 Å². The van der Waals surface area contributed by atoms with Crippen LogP contribution in [0.3, 0.4) is 0 Å². The van der Waals surface area contributed by atoms with Gasteiger partial charge in [0, 0.05) is 0 Å². The van der Waals surface area contributed by atoms with Crippen molar-refractivity contribution in [3.63, 3.8) is 0 Å². The summed E-state index contributed by atoms with van der Waals surface area (Å²) in [5, 5.41) is 8.14. The third-order valence-electron chi connectivity index (χ3n) is 0.836. The smallest absolute Gasteiger partial charge is 0.284 e. The average Bonchev–Trinajstić information content (AvgIpc) is 1.84. The van der Waals surface area contributed by atoms with Gasteiger partial charge in [-0.3, -0.25) is 4.55 Å². The Bertz CT molecular complexity index is 269. The molecule has 0 radical (unpaired) electrons. The molecule has 0 amide bonds. The van der Waals surface area contributed by atoms with Gasteiger partial charge in [0.25, 0.3) is 0 Å². The molecule has 4 nitrogen and oxygen atoms in total. The second-order valence-electron chi connectivity index (χ2n) is 2.45. The monoisotopic (exact) mass is 187 g/mol. The van der Waals surface area contributed by atoms with Crippen molar-refractivity contribution in [1.82, 2.24) is 0 Å². The van der Waals surface area contributed by atoms with Gasteiger partial charge >= 0.3 is 11.4 Å². The third-order valence-corrected chi connectivity index (χ3v) is 1.40. The molecule has 0 fully saturated rings. The molecule has 0 saturated carbocycles. The summed E-state index contributed by atoms with van der Waals surface area (Å²) in [7, 11) is 0. The Hall–Kier alpha value is -0.880. The van der Waals surface area contributed by atoms with E-state index in [1.807, 2.05) is 6.07 Å². The maximum absolute atomic E-state index is 10.2. The van der Waals surface area contributed by atoms with E-state index in [-0.39, 0.29) is 6.42 Å². The highest BCUT2D eigenvalue weighted by Gasteiger charge is 2.17. The van der Waals surface area contributed by atoms with Crippen LogP contribution >= 0.6 is 0 Å². The minimum Gasteiger partial charge on any atom is -0.284 e. The van der Waals surface area contributed by atoms with Gasteiger partial charge in [0.2, 0.25) is 0 Å². The first kappa shape index (κ1) is 11.1. The zero-order chi connectivity index (χ0) is 9.61. The predicted octanol–water partition coefficient (Wildman–Crippen LogP) is 0.835. The zero-order valence-electron chi connectivity index (χ0n) is 6.83. The Labute approximate surface area is 74.0 Å². The number of hydrogen-bond acceptors (Lipinski definition) is 3. The fraction of sp³-hybridized carbons (Fsp3) is 0.571. The SMILES string of the molecule is CC(C)(C#CCC#N)OS(=O)O. The molecule has 0 bridgehead atoms. The first-order valence-electron chi connectivity index (χ1n) is 3.15. The largest absolute Gasteiger partial charge is 0.303 e. The molecule has 0 aromatic rings. The van der Waals surface area contributed by atoms with Gasteiger partial charge in [-0.2, -0.15) is 9.47 Å². The Balaban J connectivity index is 4.16. The van der Waals surface area contributed by atoms with E-state index in [0.717, 1.165) is 0 Å². The molecule has 1 unspecified atom stereocenters. The highest BCUT2D eigenvalue weighted by Crippen LogP contribution is 2.08. The molecular weight excluding hydrogens is 178 g/mol. The Kier molecular flexibility index (Phi) is 4.53. The van der Waals surface area contributed by atoms with E-state index >= 15 is 0 Å². The van der Waals surface area contributed by atoms with Gasteiger partial charge in [0.05, 0.1) is 12.5 Å². The maximum atomic E-state index is 10.2. The number of hydrogen-bond donors (Lipinski definition) is 1. The van der Waals surface area contributed by atoms with Crippen molar-refractivity contribution < 1.29 is 12.9 Å². The van der Waals surface area contributed by atoms with Crippen LogP contribution in [-0.4, -0.2) is 14.4 Å². The van der Waals surface area contributed by atoms with Crippen LogP contribution in [0.2, 0.25) is 0 Å². The van der Waals surface area contributed by atoms with Gasteiger partial charge in [0.15, 0.2) is 0 Å². The van der Waals surface area contributed by atoms with Gasteiger partial charge < -0.3 is 0 Å². The molecule has 0 heterocycles. The Morgan fingerprint density at radius 1 is 1.67 bits per heavy atom. The second-order valence-corrected chi connectivity index (χ2v) is 3.05. The molecule has 0 aliphatic rings. The number of nitrogens with zero attached hydrogens (tertiary/aromatic N) is 1. The summed E-state index contributed by atoms with van der Waals surface area (Å²) in [6.07, 6.45) is 0.0881. The Morgan fingerprint density at radius 3 is 2.67 bits per heavy atom. The molecular formula is C7H9NO3S. The van der Waals surface area contributed by atoms with Crippen LogP contribution in [-0.2, 0) is 15.5 Å². The normalized spacial score (nSPS) is 12.5. The van der Waals surface area contributed by atoms with E-state index in [2.05, 4.69) is 16.0 Å². The fourth-order valence-electron chi connectivity index (χ4n) is 0.496. The molecule has 0 aliphatic heterocycles. The first-order chi connectivity index (χ1) is 5.48. The van der Waals surface area contributed by atoms with Crippen LogP contribution in [0.5, 0.6) is 0 Å². The molecule has 1 N–H and O–H groups in total. The molecule has 0 aromatic heterocycles. The van der Waals surface area contributed by atoms with E-state index in [1.54, 1.807) is 13.8 Å². The van der Waals surface area contributed by atoms with Crippen molar-refractivity contribution in [2.75, 3.05) is 0 Å². The summed E-state index contributed by atoms with van der Waals surface area (Å²) in [6, 6.07) is 1.83. The second kappa shape index (κ2) is 4.89. The topological polar surface area (TPSA) is 70.3 Å². The minimum atomic E-state index is -2.33. The van der Waals surface area contributed by atoms with E-state index in [1.165, 1.54) is 0 Å². The van der Waals surface area contributed by atoms with Crippen molar-refractivity contribution in [2.45, 2.75) is 25.9 Å². The van der Waals surface area contributed by atoms with Gasteiger partial charge in [-0.1, -0.05) is 11.8 Å². The summed E-state index contributed by atoms with van der Waals surface area (Å²) >= 11 is -2.33. The van der Waals surface area contributed by atoms with Gasteiger partial charge in [0.1, 0.15) is 5.60 Å². The van der Waals surface area contributed by atoms with Crippen LogP contribution in [0.1, 0.15) is 20.3 Å². The molecule has 0 spiro atoms. The lowest BCUT2D eigenvalue weighted by atomic mass is 10.1. The van der Waals surface area contributed by atoms with Crippen LogP contribution in [0.25, 0.3) is 0 Å². The fourth-order valence-corrected chi connectivity index (χ4v) is 0.894. The van der Waals surface area contributed by atoms with Gasteiger partial charge in [-0.25, -0.2) is 4.18 Å². The van der Waals surface area contributed by atoms with Crippen molar-refractivity contribution in [3.8, 4) is 17.9 Å². The van der Waals surface area contributed by atoms with Crippen molar-refractivity contribution >= 4 is 11.4 Å². The number of rotatable bonds is 2. The zero-order valence-corrected chi connectivity index (χ0v) is 7.64. The summed E-state index contributed by atoms with van der Waals surface area (Å²) in [6.45, 7) is 3.09. The lowest BCUT2D eigenvalue weighted by Gasteiger charge is -2.13. The molecule has 5 heteroatoms. The summed E-state index contributed by atoms with van der Waals surface area (Å²) in [4.78, 5) is 0. The van der Waals surface area contributed by atoms with Crippen LogP contribution in [0, 0.1) is 23.2 Å². The van der Waals surface area contributed by atoms with E-state index in [9.17, 15) is 4.21 Å². The average molecular weight is 187 g/mol. The quantitative estimate of drug-likeness (QED) is 0.513. The summed E-state index contributed by atoms with van der Waals surface area (Å²) in [5.41, 5.74) is -0.990. The number of nitriles is 1. The lowest BCUT2D eigenvalue weighted by molar-refractivity contribution is 0.176. The van der Waals surface area contributed by atoms with Crippen molar-refractivity contribution in [1.29, 1.82) is 5.26 Å². The molecule has 0 rings (SSSR count). The maximum Gasteiger partial charge on any atom is 0.303 e.